The van der Waals surface area contributed by atoms with Crippen molar-refractivity contribution < 1.29 is 4.74 Å². The third-order valence-electron chi connectivity index (χ3n) is 3.44. The van der Waals surface area contributed by atoms with Gasteiger partial charge in [0.25, 0.3) is 0 Å². The van der Waals surface area contributed by atoms with Gasteiger partial charge in [0.2, 0.25) is 0 Å². The molecule has 0 aliphatic heterocycles. The van der Waals surface area contributed by atoms with Gasteiger partial charge in [-0.25, -0.2) is 0 Å². The Hall–Kier alpha value is -1.96. The molecule has 2 heteroatoms. The van der Waals surface area contributed by atoms with Gasteiger partial charge in [-0.15, -0.1) is 0 Å². The second-order valence-corrected chi connectivity index (χ2v) is 5.08. The van der Waals surface area contributed by atoms with Crippen LogP contribution in [0.3, 0.4) is 0 Å². The Kier molecular flexibility index (Phi) is 5.05. The molecule has 0 atom stereocenters. The van der Waals surface area contributed by atoms with Gasteiger partial charge in [-0.1, -0.05) is 49.2 Å². The summed E-state index contributed by atoms with van der Waals surface area (Å²) in [6.45, 7) is 5.10. The van der Waals surface area contributed by atoms with E-state index in [9.17, 15) is 0 Å². The smallest absolute Gasteiger partial charge is 0.123 e. The number of rotatable bonds is 6. The van der Waals surface area contributed by atoms with Crippen LogP contribution in [0.25, 0.3) is 0 Å². The van der Waals surface area contributed by atoms with Crippen molar-refractivity contribution >= 4 is 5.69 Å². The highest BCUT2D eigenvalue weighted by molar-refractivity contribution is 5.52. The summed E-state index contributed by atoms with van der Waals surface area (Å²) in [7, 11) is 1.72. The molecule has 0 amide bonds. The molecule has 0 aliphatic rings. The zero-order valence-electron chi connectivity index (χ0n) is 12.6. The van der Waals surface area contributed by atoms with Crippen molar-refractivity contribution in [3.63, 3.8) is 0 Å². The topological polar surface area (TPSA) is 21.3 Å². The molecule has 0 aromatic heterocycles. The molecule has 2 rings (SSSR count). The number of methoxy groups -OCH3 is 1. The largest absolute Gasteiger partial charge is 0.496 e. The third-order valence-corrected chi connectivity index (χ3v) is 3.44. The van der Waals surface area contributed by atoms with Crippen LogP contribution in [0.15, 0.2) is 42.5 Å². The molecule has 0 radical (unpaired) electrons. The molecular formula is C18H23NO. The summed E-state index contributed by atoms with van der Waals surface area (Å²) in [5.41, 5.74) is 5.04. The van der Waals surface area contributed by atoms with Crippen LogP contribution in [0.2, 0.25) is 0 Å². The van der Waals surface area contributed by atoms with Gasteiger partial charge in [0.1, 0.15) is 5.75 Å². The second-order valence-electron chi connectivity index (χ2n) is 5.08. The minimum atomic E-state index is 0.783. The zero-order chi connectivity index (χ0) is 14.4. The fraction of sp³-hybridized carbons (Fsp3) is 0.333. The van der Waals surface area contributed by atoms with E-state index in [4.69, 9.17) is 4.74 Å². The van der Waals surface area contributed by atoms with Crippen LogP contribution in [-0.4, -0.2) is 7.11 Å². The van der Waals surface area contributed by atoms with Crippen LogP contribution < -0.4 is 10.1 Å². The number of hydrogen-bond acceptors (Lipinski definition) is 2. The summed E-state index contributed by atoms with van der Waals surface area (Å²) in [4.78, 5) is 0. The maximum Gasteiger partial charge on any atom is 0.123 e. The van der Waals surface area contributed by atoms with Crippen molar-refractivity contribution in [2.75, 3.05) is 12.4 Å². The van der Waals surface area contributed by atoms with Gasteiger partial charge in [0.15, 0.2) is 0 Å². The quantitative estimate of drug-likeness (QED) is 0.829. The molecule has 1 N–H and O–H groups in total. The maximum atomic E-state index is 5.43. The Bertz CT molecular complexity index is 563. The lowest BCUT2D eigenvalue weighted by molar-refractivity contribution is 0.410. The molecule has 0 saturated carbocycles. The molecule has 106 valence electrons. The highest BCUT2D eigenvalue weighted by Crippen LogP contribution is 2.23. The van der Waals surface area contributed by atoms with E-state index in [0.717, 1.165) is 25.1 Å². The lowest BCUT2D eigenvalue weighted by Crippen LogP contribution is -2.04. The van der Waals surface area contributed by atoms with Crippen molar-refractivity contribution in [1.82, 2.24) is 0 Å². The Balaban J connectivity index is 2.14. The molecule has 2 aromatic rings. The van der Waals surface area contributed by atoms with Gasteiger partial charge in [-0.3, -0.25) is 0 Å². The van der Waals surface area contributed by atoms with E-state index in [1.54, 1.807) is 7.11 Å². The summed E-state index contributed by atoms with van der Waals surface area (Å²) < 4.78 is 5.43. The fourth-order valence-corrected chi connectivity index (χ4v) is 2.42. The molecule has 0 saturated heterocycles. The van der Waals surface area contributed by atoms with Gasteiger partial charge in [-0.05, 0) is 31.0 Å². The first-order valence-electron chi connectivity index (χ1n) is 7.20. The highest BCUT2D eigenvalue weighted by atomic mass is 16.5. The first kappa shape index (κ1) is 14.4. The van der Waals surface area contributed by atoms with Crippen molar-refractivity contribution in [3.8, 4) is 5.75 Å². The van der Waals surface area contributed by atoms with Crippen LogP contribution in [0, 0.1) is 6.92 Å². The first-order chi connectivity index (χ1) is 9.74. The van der Waals surface area contributed by atoms with Crippen LogP contribution >= 0.6 is 0 Å². The molecular weight excluding hydrogens is 246 g/mol. The van der Waals surface area contributed by atoms with E-state index in [0.29, 0.717) is 0 Å². The van der Waals surface area contributed by atoms with Gasteiger partial charge in [0.05, 0.1) is 7.11 Å². The van der Waals surface area contributed by atoms with Crippen molar-refractivity contribution in [3.05, 3.63) is 59.2 Å². The SMILES string of the molecule is CCCc1ccccc1NCc1cc(C)ccc1OC. The van der Waals surface area contributed by atoms with Crippen molar-refractivity contribution in [2.45, 2.75) is 33.2 Å². The summed E-state index contributed by atoms with van der Waals surface area (Å²) in [5.74, 6) is 0.941. The molecule has 0 bridgehead atoms. The number of hydrogen-bond donors (Lipinski definition) is 1. The number of para-hydroxylation sites is 1. The maximum absolute atomic E-state index is 5.43. The summed E-state index contributed by atoms with van der Waals surface area (Å²) >= 11 is 0. The number of benzene rings is 2. The van der Waals surface area contributed by atoms with Gasteiger partial charge in [-0.2, -0.15) is 0 Å². The molecule has 2 aromatic carbocycles. The molecule has 0 fully saturated rings. The van der Waals surface area contributed by atoms with Crippen molar-refractivity contribution in [1.29, 1.82) is 0 Å². The molecule has 0 spiro atoms. The molecule has 0 heterocycles. The van der Waals surface area contributed by atoms with Gasteiger partial charge in [0, 0.05) is 17.8 Å². The minimum absolute atomic E-state index is 0.783. The Morgan fingerprint density at radius 3 is 2.60 bits per heavy atom. The van der Waals surface area contributed by atoms with E-state index in [1.807, 2.05) is 6.07 Å². The standard InChI is InChI=1S/C18H23NO/c1-4-7-15-8-5-6-9-17(15)19-13-16-12-14(2)10-11-18(16)20-3/h5-6,8-12,19H,4,7,13H2,1-3H3. The Labute approximate surface area is 121 Å². The lowest BCUT2D eigenvalue weighted by atomic mass is 10.1. The molecule has 0 aliphatic carbocycles. The van der Waals surface area contributed by atoms with Gasteiger partial charge < -0.3 is 10.1 Å². The first-order valence-corrected chi connectivity index (χ1v) is 7.20. The van der Waals surface area contributed by atoms with E-state index in [2.05, 4.69) is 55.6 Å². The normalized spacial score (nSPS) is 10.3. The number of ether oxygens (including phenoxy) is 1. The van der Waals surface area contributed by atoms with Crippen LogP contribution in [-0.2, 0) is 13.0 Å². The van der Waals surface area contributed by atoms with E-state index < -0.39 is 0 Å². The average Bonchev–Trinajstić information content (AvgIpc) is 2.47. The molecule has 0 unspecified atom stereocenters. The highest BCUT2D eigenvalue weighted by Gasteiger charge is 2.05. The van der Waals surface area contributed by atoms with Crippen LogP contribution in [0.1, 0.15) is 30.0 Å². The number of aryl methyl sites for hydroxylation is 2. The number of nitrogens with one attached hydrogen (secondary N) is 1. The van der Waals surface area contributed by atoms with Crippen molar-refractivity contribution in [2.24, 2.45) is 0 Å². The van der Waals surface area contributed by atoms with E-state index >= 15 is 0 Å². The summed E-state index contributed by atoms with van der Waals surface area (Å²) in [6, 6.07) is 14.8. The fourth-order valence-electron chi connectivity index (χ4n) is 2.42. The van der Waals surface area contributed by atoms with E-state index in [1.165, 1.54) is 22.4 Å². The summed E-state index contributed by atoms with van der Waals surface area (Å²) in [6.07, 6.45) is 2.26. The Morgan fingerprint density at radius 2 is 1.85 bits per heavy atom. The molecule has 2 nitrogen and oxygen atoms in total. The third kappa shape index (κ3) is 3.53. The molecule has 20 heavy (non-hydrogen) atoms. The Morgan fingerprint density at radius 1 is 1.05 bits per heavy atom. The monoisotopic (exact) mass is 269 g/mol. The predicted molar refractivity (Wildman–Crippen MR) is 85.5 cm³/mol. The average molecular weight is 269 g/mol. The second kappa shape index (κ2) is 6.99. The number of anilines is 1. The zero-order valence-corrected chi connectivity index (χ0v) is 12.6. The van der Waals surface area contributed by atoms with Crippen LogP contribution in [0.5, 0.6) is 5.75 Å². The minimum Gasteiger partial charge on any atom is -0.496 e. The lowest BCUT2D eigenvalue weighted by Gasteiger charge is -2.14. The summed E-state index contributed by atoms with van der Waals surface area (Å²) in [5, 5.41) is 3.54. The van der Waals surface area contributed by atoms with E-state index in [-0.39, 0.29) is 0 Å². The van der Waals surface area contributed by atoms with Gasteiger partial charge >= 0.3 is 0 Å². The predicted octanol–water partition coefficient (Wildman–Crippen LogP) is 4.57. The van der Waals surface area contributed by atoms with Crippen LogP contribution in [0.4, 0.5) is 5.69 Å².